The van der Waals surface area contributed by atoms with Gasteiger partial charge in [-0.05, 0) is 85.9 Å². The molecule has 0 aliphatic carbocycles. The van der Waals surface area contributed by atoms with Crippen LogP contribution in [0.3, 0.4) is 0 Å². The van der Waals surface area contributed by atoms with E-state index in [0.29, 0.717) is 69.5 Å². The fourth-order valence-corrected chi connectivity index (χ4v) is 9.03. The smallest absolute Gasteiger partial charge is 0.342 e. The summed E-state index contributed by atoms with van der Waals surface area (Å²) in [6, 6.07) is 22.0. The number of piperidine rings is 1. The first-order chi connectivity index (χ1) is 29.0. The number of amides is 2. The van der Waals surface area contributed by atoms with Crippen molar-refractivity contribution in [1.82, 2.24) is 14.8 Å². The number of benzene rings is 3. The number of ether oxygens (including phenoxy) is 2. The summed E-state index contributed by atoms with van der Waals surface area (Å²) in [5.41, 5.74) is 2.31. The number of likely N-dealkylation sites (tertiary alicyclic amines) is 1. The first-order valence-corrected chi connectivity index (χ1v) is 20.9. The maximum atomic E-state index is 14.6. The van der Waals surface area contributed by atoms with Gasteiger partial charge < -0.3 is 34.5 Å². The third-order valence-electron chi connectivity index (χ3n) is 12.0. The minimum absolute atomic E-state index is 0.0171. The van der Waals surface area contributed by atoms with Crippen molar-refractivity contribution in [3.05, 3.63) is 129 Å². The summed E-state index contributed by atoms with van der Waals surface area (Å²) in [5, 5.41) is 26.8. The summed E-state index contributed by atoms with van der Waals surface area (Å²) in [7, 11) is 1.53. The Balaban J connectivity index is 1.21. The molecule has 2 amide bonds. The largest absolute Gasteiger partial charge is 0.507 e. The van der Waals surface area contributed by atoms with Crippen LogP contribution in [0.5, 0.6) is 17.2 Å². The highest BCUT2D eigenvalue weighted by Gasteiger charge is 2.39. The lowest BCUT2D eigenvalue weighted by atomic mass is 9.82. The molecule has 4 aromatic rings. The lowest BCUT2D eigenvalue weighted by Gasteiger charge is -2.43. The number of carbonyl (C=O) groups is 4. The molecule has 3 N–H and O–H groups in total. The van der Waals surface area contributed by atoms with Crippen molar-refractivity contribution in [2.45, 2.75) is 95.2 Å². The standard InChI is InChI=1S/C48H53N3O9/c1-30-11-9-16-36(52)15-8-4-7-14-34-25-41(53)45(46(56)44(34)48(58)60-30)38(33-19-21-37(59-2)22-20-33)26-42(54)49-39(24-31-12-5-3-6-13-31)47(57)50-27-32-23-35(29-50)40-17-10-18-43(55)51(40)28-32/h3,5-7,10,12-14,17-22,25,30,32,35,38-39,53,56H,4,8-9,11,15-16,23-24,26-29H2,1-2H3,(H,49,54)/b14-7+/t30-,32+,35-,38?,39?/m0/s1. The van der Waals surface area contributed by atoms with Crippen molar-refractivity contribution < 1.29 is 38.9 Å². The van der Waals surface area contributed by atoms with E-state index < -0.39 is 35.7 Å². The molecular formula is C48H53N3O9. The van der Waals surface area contributed by atoms with Gasteiger partial charge in [0.25, 0.3) is 5.56 Å². The summed E-state index contributed by atoms with van der Waals surface area (Å²) < 4.78 is 13.0. The lowest BCUT2D eigenvalue weighted by molar-refractivity contribution is -0.138. The number of pyridine rings is 1. The van der Waals surface area contributed by atoms with Gasteiger partial charge in [-0.25, -0.2) is 4.79 Å². The summed E-state index contributed by atoms with van der Waals surface area (Å²) in [6.07, 6.45) is 6.65. The van der Waals surface area contributed by atoms with Gasteiger partial charge in [-0.15, -0.1) is 0 Å². The Morgan fingerprint density at radius 1 is 0.933 bits per heavy atom. The molecular weight excluding hydrogens is 763 g/mol. The second-order valence-corrected chi connectivity index (χ2v) is 16.3. The van der Waals surface area contributed by atoms with E-state index in [1.807, 2.05) is 41.0 Å². The molecule has 1 aromatic heterocycles. The highest BCUT2D eigenvalue weighted by Crippen LogP contribution is 2.44. The average Bonchev–Trinajstić information content (AvgIpc) is 3.23. The Bertz CT molecular complexity index is 2300. The normalized spacial score (nSPS) is 21.0. The van der Waals surface area contributed by atoms with Crippen LogP contribution in [0.25, 0.3) is 6.08 Å². The van der Waals surface area contributed by atoms with Crippen molar-refractivity contribution in [3.8, 4) is 17.2 Å². The summed E-state index contributed by atoms with van der Waals surface area (Å²) in [5.74, 6) is -2.60. The monoisotopic (exact) mass is 815 g/mol. The molecule has 0 spiro atoms. The van der Waals surface area contributed by atoms with E-state index in [1.165, 1.54) is 13.2 Å². The number of nitrogens with one attached hydrogen (secondary N) is 1. The molecule has 314 valence electrons. The Kier molecular flexibility index (Phi) is 13.2. The molecule has 3 aromatic carbocycles. The fraction of sp³-hybridized carbons (Fsp3) is 0.396. The van der Waals surface area contributed by atoms with Gasteiger partial charge in [0.05, 0.1) is 13.2 Å². The van der Waals surface area contributed by atoms with Gasteiger partial charge >= 0.3 is 5.97 Å². The van der Waals surface area contributed by atoms with Crippen molar-refractivity contribution in [3.63, 3.8) is 0 Å². The number of cyclic esters (lactones) is 1. The number of esters is 1. The first-order valence-electron chi connectivity index (χ1n) is 20.9. The van der Waals surface area contributed by atoms with E-state index >= 15 is 0 Å². The van der Waals surface area contributed by atoms with Crippen LogP contribution >= 0.6 is 0 Å². The van der Waals surface area contributed by atoms with Gasteiger partial charge in [0, 0.05) is 74.5 Å². The van der Waals surface area contributed by atoms with Crippen LogP contribution in [0.2, 0.25) is 0 Å². The van der Waals surface area contributed by atoms with Gasteiger partial charge in [0.2, 0.25) is 11.8 Å². The van der Waals surface area contributed by atoms with E-state index in [-0.39, 0.29) is 64.4 Å². The number of carbonyl (C=O) groups excluding carboxylic acids is 4. The van der Waals surface area contributed by atoms with E-state index in [0.717, 1.165) is 17.7 Å². The molecule has 2 unspecified atom stereocenters. The lowest BCUT2D eigenvalue weighted by Crippen LogP contribution is -2.55. The van der Waals surface area contributed by atoms with E-state index in [4.69, 9.17) is 9.47 Å². The van der Waals surface area contributed by atoms with Crippen molar-refractivity contribution in [2.24, 2.45) is 5.92 Å². The summed E-state index contributed by atoms with van der Waals surface area (Å²) >= 11 is 0. The first kappa shape index (κ1) is 42.0. The molecule has 60 heavy (non-hydrogen) atoms. The Hall–Kier alpha value is -6.17. The van der Waals surface area contributed by atoms with Crippen LogP contribution in [0.4, 0.5) is 0 Å². The molecule has 1 fully saturated rings. The quantitative estimate of drug-likeness (QED) is 0.157. The Morgan fingerprint density at radius 3 is 2.47 bits per heavy atom. The van der Waals surface area contributed by atoms with Gasteiger partial charge in [-0.1, -0.05) is 60.7 Å². The molecule has 4 heterocycles. The molecule has 7 rings (SSSR count). The number of rotatable bonds is 9. The number of hydrogen-bond acceptors (Lipinski definition) is 9. The number of hydrogen-bond donors (Lipinski definition) is 3. The number of nitrogens with zero attached hydrogens (tertiary/aromatic N) is 2. The number of methoxy groups -OCH3 is 1. The third kappa shape index (κ3) is 9.65. The second kappa shape index (κ2) is 18.8. The predicted molar refractivity (Wildman–Crippen MR) is 226 cm³/mol. The molecule has 2 bridgehead atoms. The van der Waals surface area contributed by atoms with Crippen LogP contribution in [0.1, 0.15) is 108 Å². The molecule has 5 atom stereocenters. The fourth-order valence-electron chi connectivity index (χ4n) is 9.03. The number of fused-ring (bicyclic) bond motifs is 5. The number of ketones is 1. The third-order valence-corrected chi connectivity index (χ3v) is 12.0. The molecule has 3 aliphatic rings. The zero-order valence-corrected chi connectivity index (χ0v) is 34.2. The van der Waals surface area contributed by atoms with E-state index in [2.05, 4.69) is 5.32 Å². The van der Waals surface area contributed by atoms with Crippen LogP contribution in [-0.2, 0) is 32.1 Å². The topological polar surface area (TPSA) is 164 Å². The van der Waals surface area contributed by atoms with Crippen LogP contribution < -0.4 is 15.6 Å². The average molecular weight is 816 g/mol. The number of phenols is 2. The van der Waals surface area contributed by atoms with E-state index in [9.17, 15) is 34.2 Å². The molecule has 0 radical (unpaired) electrons. The Labute approximate surface area is 349 Å². The molecule has 1 saturated heterocycles. The minimum Gasteiger partial charge on any atom is -0.507 e. The van der Waals surface area contributed by atoms with Gasteiger partial charge in [0.1, 0.15) is 34.6 Å². The highest BCUT2D eigenvalue weighted by molar-refractivity contribution is 5.98. The molecule has 3 aliphatic heterocycles. The van der Waals surface area contributed by atoms with Crippen LogP contribution in [-0.4, -0.2) is 75.6 Å². The van der Waals surface area contributed by atoms with Crippen molar-refractivity contribution in [1.29, 1.82) is 0 Å². The zero-order valence-electron chi connectivity index (χ0n) is 34.2. The van der Waals surface area contributed by atoms with Gasteiger partial charge in [-0.3, -0.25) is 19.2 Å². The molecule has 0 saturated carbocycles. The molecule has 12 nitrogen and oxygen atoms in total. The zero-order chi connectivity index (χ0) is 42.3. The number of aromatic nitrogens is 1. The van der Waals surface area contributed by atoms with Crippen LogP contribution in [0.15, 0.2) is 89.7 Å². The number of allylic oxidation sites excluding steroid dienone is 1. The Morgan fingerprint density at radius 2 is 1.70 bits per heavy atom. The van der Waals surface area contributed by atoms with Gasteiger partial charge in [-0.2, -0.15) is 0 Å². The maximum absolute atomic E-state index is 14.6. The summed E-state index contributed by atoms with van der Waals surface area (Å²) in [4.78, 5) is 69.7. The maximum Gasteiger partial charge on any atom is 0.342 e. The number of phenolic OH excluding ortho intramolecular Hbond substituents is 2. The highest BCUT2D eigenvalue weighted by atomic mass is 16.5. The van der Waals surface area contributed by atoms with Crippen molar-refractivity contribution >= 4 is 29.6 Å². The predicted octanol–water partition coefficient (Wildman–Crippen LogP) is 6.65. The molecule has 12 heteroatoms. The van der Waals surface area contributed by atoms with Gasteiger partial charge in [0.15, 0.2) is 0 Å². The minimum atomic E-state index is -0.980. The van der Waals surface area contributed by atoms with E-state index in [1.54, 1.807) is 60.4 Å². The van der Waals surface area contributed by atoms with Crippen LogP contribution in [0, 0.1) is 5.92 Å². The van der Waals surface area contributed by atoms with Crippen molar-refractivity contribution in [2.75, 3.05) is 20.2 Å². The second-order valence-electron chi connectivity index (χ2n) is 16.3. The SMILES string of the molecule is COc1ccc(C(CC(=O)NC(Cc2ccccc2)C(=O)N2C[C@H]3C[C@@H](C2)c2cccc(=O)n2C3)c2c(O)cc3c(c2O)C(=O)O[C@@H](C)CCCC(=O)CCC/C=C/3)cc1. The summed E-state index contributed by atoms with van der Waals surface area (Å²) in [6.45, 7) is 3.11. The number of aromatic hydroxyl groups is 2. The number of Topliss-reactive ketones (excluding diaryl/α,β-unsaturated/α-hetero) is 1.